The fourth-order valence-corrected chi connectivity index (χ4v) is 2.24. The first-order valence-corrected chi connectivity index (χ1v) is 5.68. The molecule has 0 aromatic heterocycles. The molecule has 0 saturated heterocycles. The molecule has 1 amide bonds. The van der Waals surface area contributed by atoms with Gasteiger partial charge in [0.25, 0.3) is 0 Å². The van der Waals surface area contributed by atoms with Crippen molar-refractivity contribution < 1.29 is 4.79 Å². The van der Waals surface area contributed by atoms with Crippen molar-refractivity contribution in [1.29, 1.82) is 0 Å². The Hall–Kier alpha value is -0.240. The van der Waals surface area contributed by atoms with Gasteiger partial charge >= 0.3 is 0 Å². The maximum Gasteiger partial charge on any atom is 0.224 e. The Morgan fingerprint density at radius 3 is 2.54 bits per heavy atom. The molecule has 0 bridgehead atoms. The molecule has 13 heavy (non-hydrogen) atoms. The summed E-state index contributed by atoms with van der Waals surface area (Å²) in [4.78, 5) is 13.6. The van der Waals surface area contributed by atoms with Crippen LogP contribution >= 0.6 is 11.6 Å². The molecule has 76 valence electrons. The second-order valence-corrected chi connectivity index (χ2v) is 3.93. The van der Waals surface area contributed by atoms with Crippen molar-refractivity contribution in [1.82, 2.24) is 4.90 Å². The van der Waals surface area contributed by atoms with Crippen LogP contribution in [-0.2, 0) is 4.79 Å². The van der Waals surface area contributed by atoms with E-state index in [-0.39, 0.29) is 5.91 Å². The number of halogens is 1. The summed E-state index contributed by atoms with van der Waals surface area (Å²) < 4.78 is 0. The third kappa shape index (κ3) is 2.87. The van der Waals surface area contributed by atoms with Crippen LogP contribution in [0.4, 0.5) is 0 Å². The highest BCUT2D eigenvalue weighted by Crippen LogP contribution is 2.23. The molecule has 1 aliphatic carbocycles. The van der Waals surface area contributed by atoms with Crippen LogP contribution < -0.4 is 0 Å². The third-order valence-corrected chi connectivity index (χ3v) is 2.92. The summed E-state index contributed by atoms with van der Waals surface area (Å²) in [5.41, 5.74) is 0. The number of nitrogens with zero attached hydrogens (tertiary/aromatic N) is 1. The van der Waals surface area contributed by atoms with Gasteiger partial charge in [-0.1, -0.05) is 12.8 Å². The van der Waals surface area contributed by atoms with Gasteiger partial charge in [-0.25, -0.2) is 0 Å². The van der Waals surface area contributed by atoms with Gasteiger partial charge in [0, 0.05) is 24.9 Å². The minimum absolute atomic E-state index is 0.226. The topological polar surface area (TPSA) is 20.3 Å². The van der Waals surface area contributed by atoms with Crippen LogP contribution in [0.3, 0.4) is 0 Å². The SMILES string of the molecule is CCN(C(=O)CCCl)C1CCCC1. The van der Waals surface area contributed by atoms with E-state index in [0.29, 0.717) is 18.3 Å². The molecule has 1 saturated carbocycles. The minimum Gasteiger partial charge on any atom is -0.340 e. The predicted molar refractivity (Wildman–Crippen MR) is 55.0 cm³/mol. The molecule has 1 aliphatic rings. The molecule has 3 heteroatoms. The first-order valence-electron chi connectivity index (χ1n) is 5.15. The van der Waals surface area contributed by atoms with E-state index >= 15 is 0 Å². The smallest absolute Gasteiger partial charge is 0.224 e. The number of hydrogen-bond donors (Lipinski definition) is 0. The predicted octanol–water partition coefficient (Wildman–Crippen LogP) is 2.41. The second-order valence-electron chi connectivity index (χ2n) is 3.56. The first-order chi connectivity index (χ1) is 6.29. The molecule has 0 radical (unpaired) electrons. The fraction of sp³-hybridized carbons (Fsp3) is 0.900. The van der Waals surface area contributed by atoms with Crippen molar-refractivity contribution in [2.45, 2.75) is 45.1 Å². The lowest BCUT2D eigenvalue weighted by Gasteiger charge is -2.27. The molecule has 1 rings (SSSR count). The Balaban J connectivity index is 2.44. The Morgan fingerprint density at radius 2 is 2.08 bits per heavy atom. The Morgan fingerprint density at radius 1 is 1.46 bits per heavy atom. The maximum atomic E-state index is 11.6. The molecular weight excluding hydrogens is 186 g/mol. The van der Waals surface area contributed by atoms with Crippen LogP contribution in [-0.4, -0.2) is 29.3 Å². The molecule has 0 N–H and O–H groups in total. The Labute approximate surface area is 85.2 Å². The minimum atomic E-state index is 0.226. The number of carbonyl (C=O) groups excluding carboxylic acids is 1. The number of rotatable bonds is 4. The van der Waals surface area contributed by atoms with Gasteiger partial charge in [0.15, 0.2) is 0 Å². The van der Waals surface area contributed by atoms with E-state index in [1.165, 1.54) is 25.7 Å². The summed E-state index contributed by atoms with van der Waals surface area (Å²) in [5.74, 6) is 0.673. The third-order valence-electron chi connectivity index (χ3n) is 2.73. The van der Waals surface area contributed by atoms with Gasteiger partial charge < -0.3 is 4.90 Å². The molecule has 2 nitrogen and oxygen atoms in total. The quantitative estimate of drug-likeness (QED) is 0.643. The summed E-state index contributed by atoms with van der Waals surface area (Å²) in [6, 6.07) is 0.501. The molecule has 0 aromatic rings. The summed E-state index contributed by atoms with van der Waals surface area (Å²) >= 11 is 5.56. The Bertz CT molecular complexity index is 166. The van der Waals surface area contributed by atoms with Gasteiger partial charge in [-0.15, -0.1) is 11.6 Å². The largest absolute Gasteiger partial charge is 0.340 e. The lowest BCUT2D eigenvalue weighted by molar-refractivity contribution is -0.132. The van der Waals surface area contributed by atoms with E-state index in [9.17, 15) is 4.79 Å². The molecule has 0 heterocycles. The van der Waals surface area contributed by atoms with Gasteiger partial charge in [0.05, 0.1) is 0 Å². The summed E-state index contributed by atoms with van der Waals surface area (Å²) in [6.45, 7) is 2.88. The lowest BCUT2D eigenvalue weighted by atomic mass is 10.2. The van der Waals surface area contributed by atoms with E-state index in [2.05, 4.69) is 0 Å². The summed E-state index contributed by atoms with van der Waals surface area (Å²) in [5, 5.41) is 0. The average molecular weight is 204 g/mol. The lowest BCUT2D eigenvalue weighted by Crippen LogP contribution is -2.38. The van der Waals surface area contributed by atoms with Crippen LogP contribution in [0.15, 0.2) is 0 Å². The van der Waals surface area contributed by atoms with Gasteiger partial charge in [0.1, 0.15) is 0 Å². The highest BCUT2D eigenvalue weighted by molar-refractivity contribution is 6.18. The molecule has 0 aliphatic heterocycles. The highest BCUT2D eigenvalue weighted by Gasteiger charge is 2.24. The van der Waals surface area contributed by atoms with Crippen LogP contribution in [0.25, 0.3) is 0 Å². The van der Waals surface area contributed by atoms with E-state index < -0.39 is 0 Å². The van der Waals surface area contributed by atoms with E-state index in [0.717, 1.165) is 6.54 Å². The number of alkyl halides is 1. The van der Waals surface area contributed by atoms with Crippen LogP contribution in [0, 0.1) is 0 Å². The zero-order valence-corrected chi connectivity index (χ0v) is 9.02. The van der Waals surface area contributed by atoms with Crippen molar-refractivity contribution in [3.63, 3.8) is 0 Å². The maximum absolute atomic E-state index is 11.6. The van der Waals surface area contributed by atoms with Crippen molar-refractivity contribution >= 4 is 17.5 Å². The second kappa shape index (κ2) is 5.48. The highest BCUT2D eigenvalue weighted by atomic mass is 35.5. The number of amides is 1. The molecule has 0 unspecified atom stereocenters. The van der Waals surface area contributed by atoms with Crippen molar-refractivity contribution in [3.8, 4) is 0 Å². The first kappa shape index (κ1) is 10.8. The average Bonchev–Trinajstić information content (AvgIpc) is 2.59. The van der Waals surface area contributed by atoms with Crippen LogP contribution in [0.1, 0.15) is 39.0 Å². The number of carbonyl (C=O) groups is 1. The van der Waals surface area contributed by atoms with E-state index in [1.54, 1.807) is 0 Å². The normalized spacial score (nSPS) is 17.7. The van der Waals surface area contributed by atoms with Gasteiger partial charge in [0.2, 0.25) is 5.91 Å². The molecule has 0 spiro atoms. The summed E-state index contributed by atoms with van der Waals surface area (Å²) in [7, 11) is 0. The standard InChI is InChI=1S/C10H18ClNO/c1-2-12(10(13)7-8-11)9-5-3-4-6-9/h9H,2-8H2,1H3. The van der Waals surface area contributed by atoms with Crippen LogP contribution in [0.5, 0.6) is 0 Å². The van der Waals surface area contributed by atoms with Gasteiger partial charge in [-0.05, 0) is 19.8 Å². The number of hydrogen-bond acceptors (Lipinski definition) is 1. The van der Waals surface area contributed by atoms with Gasteiger partial charge in [-0.3, -0.25) is 4.79 Å². The molecule has 1 fully saturated rings. The van der Waals surface area contributed by atoms with Gasteiger partial charge in [-0.2, -0.15) is 0 Å². The van der Waals surface area contributed by atoms with Crippen molar-refractivity contribution in [2.24, 2.45) is 0 Å². The fourth-order valence-electron chi connectivity index (χ4n) is 2.08. The zero-order valence-electron chi connectivity index (χ0n) is 8.26. The van der Waals surface area contributed by atoms with E-state index in [4.69, 9.17) is 11.6 Å². The summed E-state index contributed by atoms with van der Waals surface area (Å²) in [6.07, 6.45) is 5.40. The Kier molecular flexibility index (Phi) is 4.57. The monoisotopic (exact) mass is 203 g/mol. The molecule has 0 atom stereocenters. The van der Waals surface area contributed by atoms with Crippen molar-refractivity contribution in [2.75, 3.05) is 12.4 Å². The zero-order chi connectivity index (χ0) is 9.68. The molecular formula is C10H18ClNO. The van der Waals surface area contributed by atoms with E-state index in [1.807, 2.05) is 11.8 Å². The molecule has 0 aromatic carbocycles. The van der Waals surface area contributed by atoms with Crippen LogP contribution in [0.2, 0.25) is 0 Å². The van der Waals surface area contributed by atoms with Crippen molar-refractivity contribution in [3.05, 3.63) is 0 Å².